The maximum atomic E-state index is 12.7. The Morgan fingerprint density at radius 3 is 2.44 bits per heavy atom. The standard InChI is InChI=1S/C23H23Cl2N5O6/c24-17-7-4-8-18(25)16(17)11-21-27-29-30(28-21)13-20(31)19(12-22(32)33)26-23(34)36-10-9-35-14-15-5-2-1-3-6-15/h1-8,19H,9-14H2,(H,26,34)(H,32,33). The molecule has 1 unspecified atom stereocenters. The number of nitrogens with one attached hydrogen (secondary N) is 1. The maximum absolute atomic E-state index is 12.7. The predicted octanol–water partition coefficient (Wildman–Crippen LogP) is 2.93. The molecule has 0 aliphatic rings. The van der Waals surface area contributed by atoms with Crippen LogP contribution in [0.4, 0.5) is 4.79 Å². The molecule has 0 saturated heterocycles. The molecule has 0 aliphatic heterocycles. The van der Waals surface area contributed by atoms with Crippen molar-refractivity contribution in [2.24, 2.45) is 0 Å². The summed E-state index contributed by atoms with van der Waals surface area (Å²) in [6.45, 7) is -0.0185. The van der Waals surface area contributed by atoms with E-state index in [-0.39, 0.29) is 25.5 Å². The molecule has 190 valence electrons. The van der Waals surface area contributed by atoms with E-state index >= 15 is 0 Å². The number of aliphatic carboxylic acids is 1. The lowest BCUT2D eigenvalue weighted by Gasteiger charge is -2.15. The number of hydrogen-bond donors (Lipinski definition) is 2. The van der Waals surface area contributed by atoms with Crippen molar-refractivity contribution in [3.8, 4) is 0 Å². The van der Waals surface area contributed by atoms with Crippen molar-refractivity contribution in [2.75, 3.05) is 13.2 Å². The van der Waals surface area contributed by atoms with Crippen molar-refractivity contribution in [1.82, 2.24) is 25.5 Å². The average molecular weight is 536 g/mol. The van der Waals surface area contributed by atoms with E-state index in [9.17, 15) is 14.4 Å². The number of alkyl carbamates (subject to hydrolysis) is 1. The molecule has 1 atom stereocenters. The lowest BCUT2D eigenvalue weighted by Crippen LogP contribution is -2.44. The third-order valence-corrected chi connectivity index (χ3v) is 5.53. The van der Waals surface area contributed by atoms with Gasteiger partial charge in [-0.05, 0) is 28.5 Å². The highest BCUT2D eigenvalue weighted by atomic mass is 35.5. The van der Waals surface area contributed by atoms with Crippen LogP contribution < -0.4 is 5.32 Å². The van der Waals surface area contributed by atoms with E-state index in [1.165, 1.54) is 0 Å². The zero-order valence-electron chi connectivity index (χ0n) is 19.0. The van der Waals surface area contributed by atoms with E-state index in [4.69, 9.17) is 37.8 Å². The molecular weight excluding hydrogens is 513 g/mol. The lowest BCUT2D eigenvalue weighted by atomic mass is 10.1. The quantitative estimate of drug-likeness (QED) is 0.315. The fourth-order valence-electron chi connectivity index (χ4n) is 3.08. The lowest BCUT2D eigenvalue weighted by molar-refractivity contribution is -0.139. The Balaban J connectivity index is 1.49. The van der Waals surface area contributed by atoms with Gasteiger partial charge in [0.2, 0.25) is 0 Å². The van der Waals surface area contributed by atoms with Gasteiger partial charge in [0.1, 0.15) is 19.2 Å². The smallest absolute Gasteiger partial charge is 0.407 e. The number of rotatable bonds is 13. The molecule has 0 bridgehead atoms. The zero-order valence-corrected chi connectivity index (χ0v) is 20.5. The minimum Gasteiger partial charge on any atom is -0.481 e. The van der Waals surface area contributed by atoms with Crippen LogP contribution in [0.2, 0.25) is 10.0 Å². The third kappa shape index (κ3) is 8.59. The van der Waals surface area contributed by atoms with Gasteiger partial charge in [0.05, 0.1) is 19.6 Å². The van der Waals surface area contributed by atoms with Gasteiger partial charge < -0.3 is 19.9 Å². The molecule has 2 aromatic carbocycles. The van der Waals surface area contributed by atoms with Crippen molar-refractivity contribution in [1.29, 1.82) is 0 Å². The molecule has 3 aromatic rings. The Kier molecular flexibility index (Phi) is 10.2. The van der Waals surface area contributed by atoms with Crippen LogP contribution in [0.1, 0.15) is 23.4 Å². The highest BCUT2D eigenvalue weighted by molar-refractivity contribution is 6.36. The second-order valence-electron chi connectivity index (χ2n) is 7.55. The van der Waals surface area contributed by atoms with Gasteiger partial charge >= 0.3 is 12.1 Å². The number of carbonyl (C=O) groups is 3. The fourth-order valence-corrected chi connectivity index (χ4v) is 3.62. The molecule has 3 rings (SSSR count). The largest absolute Gasteiger partial charge is 0.481 e. The topological polar surface area (TPSA) is 146 Å². The summed E-state index contributed by atoms with van der Waals surface area (Å²) in [6.07, 6.45) is -1.41. The van der Waals surface area contributed by atoms with E-state index in [2.05, 4.69) is 20.7 Å². The number of tetrazole rings is 1. The normalized spacial score (nSPS) is 11.6. The van der Waals surface area contributed by atoms with Crippen molar-refractivity contribution in [2.45, 2.75) is 32.0 Å². The van der Waals surface area contributed by atoms with Crippen LogP contribution in [0.5, 0.6) is 0 Å². The number of Topliss-reactive ketones (excluding diaryl/α,β-unsaturated/α-hetero) is 1. The highest BCUT2D eigenvalue weighted by Crippen LogP contribution is 2.25. The highest BCUT2D eigenvalue weighted by Gasteiger charge is 2.25. The molecule has 1 amide bonds. The molecule has 0 saturated carbocycles. The Labute approximate surface area is 216 Å². The molecule has 0 fully saturated rings. The van der Waals surface area contributed by atoms with Crippen LogP contribution in [0.25, 0.3) is 0 Å². The molecule has 0 radical (unpaired) electrons. The van der Waals surface area contributed by atoms with Crippen molar-refractivity contribution < 1.29 is 29.0 Å². The number of benzene rings is 2. The molecule has 36 heavy (non-hydrogen) atoms. The number of aromatic nitrogens is 4. The van der Waals surface area contributed by atoms with Gasteiger partial charge in [0.15, 0.2) is 11.6 Å². The van der Waals surface area contributed by atoms with Gasteiger partial charge in [-0.25, -0.2) is 4.79 Å². The second kappa shape index (κ2) is 13.5. The number of carbonyl (C=O) groups excluding carboxylic acids is 2. The summed E-state index contributed by atoms with van der Waals surface area (Å²) in [5.41, 5.74) is 1.57. The van der Waals surface area contributed by atoms with E-state index in [0.717, 1.165) is 10.4 Å². The SMILES string of the molecule is O=C(O)CC(NC(=O)OCCOCc1ccccc1)C(=O)Cn1nnc(Cc2c(Cl)cccc2Cl)n1. The van der Waals surface area contributed by atoms with Gasteiger partial charge in [-0.2, -0.15) is 4.80 Å². The number of ether oxygens (including phenoxy) is 2. The maximum Gasteiger partial charge on any atom is 0.407 e. The number of hydrogen-bond acceptors (Lipinski definition) is 8. The number of carboxylic acids is 1. The minimum absolute atomic E-state index is 0.0781. The minimum atomic E-state index is -1.35. The van der Waals surface area contributed by atoms with Crippen molar-refractivity contribution in [3.63, 3.8) is 0 Å². The molecule has 0 spiro atoms. The second-order valence-corrected chi connectivity index (χ2v) is 8.36. The van der Waals surface area contributed by atoms with Crippen LogP contribution in [0, 0.1) is 0 Å². The summed E-state index contributed by atoms with van der Waals surface area (Å²) >= 11 is 12.3. The first-order valence-corrected chi connectivity index (χ1v) is 11.6. The molecule has 1 aromatic heterocycles. The summed E-state index contributed by atoms with van der Waals surface area (Å²) in [5.74, 6) is -1.66. The molecule has 11 nitrogen and oxygen atoms in total. The molecular formula is C23H23Cl2N5O6. The summed E-state index contributed by atoms with van der Waals surface area (Å²) in [4.78, 5) is 37.0. The summed E-state index contributed by atoms with van der Waals surface area (Å²) in [6, 6.07) is 13.1. The monoisotopic (exact) mass is 535 g/mol. The average Bonchev–Trinajstić information content (AvgIpc) is 3.28. The van der Waals surface area contributed by atoms with Crippen molar-refractivity contribution in [3.05, 3.63) is 75.5 Å². The number of amides is 1. The van der Waals surface area contributed by atoms with Crippen LogP contribution in [0.15, 0.2) is 48.5 Å². The summed E-state index contributed by atoms with van der Waals surface area (Å²) < 4.78 is 10.4. The van der Waals surface area contributed by atoms with E-state index < -0.39 is 36.9 Å². The van der Waals surface area contributed by atoms with E-state index in [1.54, 1.807) is 18.2 Å². The molecule has 0 aliphatic carbocycles. The van der Waals surface area contributed by atoms with Gasteiger partial charge in [-0.15, -0.1) is 10.2 Å². The first kappa shape index (κ1) is 27.1. The van der Waals surface area contributed by atoms with Gasteiger partial charge in [-0.3, -0.25) is 9.59 Å². The zero-order chi connectivity index (χ0) is 25.9. The Morgan fingerprint density at radius 2 is 1.75 bits per heavy atom. The van der Waals surface area contributed by atoms with Crippen LogP contribution in [0.3, 0.4) is 0 Å². The number of carboxylic acid groups (broad SMARTS) is 1. The Hall–Kier alpha value is -3.54. The van der Waals surface area contributed by atoms with Gasteiger partial charge in [0, 0.05) is 16.5 Å². The fraction of sp³-hybridized carbons (Fsp3) is 0.304. The first-order chi connectivity index (χ1) is 17.3. The van der Waals surface area contributed by atoms with Gasteiger partial charge in [-0.1, -0.05) is 59.6 Å². The first-order valence-electron chi connectivity index (χ1n) is 10.8. The third-order valence-electron chi connectivity index (χ3n) is 4.82. The van der Waals surface area contributed by atoms with Crippen LogP contribution in [-0.2, 0) is 38.6 Å². The van der Waals surface area contributed by atoms with Crippen LogP contribution in [-0.4, -0.2) is 62.4 Å². The van der Waals surface area contributed by atoms with Gasteiger partial charge in [0.25, 0.3) is 0 Å². The van der Waals surface area contributed by atoms with Crippen molar-refractivity contribution >= 4 is 41.0 Å². The summed E-state index contributed by atoms with van der Waals surface area (Å²) in [5, 5.41) is 24.1. The summed E-state index contributed by atoms with van der Waals surface area (Å²) in [7, 11) is 0. The Morgan fingerprint density at radius 1 is 1.03 bits per heavy atom. The number of nitrogens with zero attached hydrogens (tertiary/aromatic N) is 4. The Bertz CT molecular complexity index is 1170. The molecule has 13 heteroatoms. The number of halogens is 2. The van der Waals surface area contributed by atoms with E-state index in [1.807, 2.05) is 30.3 Å². The van der Waals surface area contributed by atoms with E-state index in [0.29, 0.717) is 22.2 Å². The molecule has 1 heterocycles. The molecule has 2 N–H and O–H groups in total. The number of ketones is 1. The predicted molar refractivity (Wildman–Crippen MR) is 129 cm³/mol. The van der Waals surface area contributed by atoms with Crippen LogP contribution >= 0.6 is 23.2 Å².